The molecule has 0 aliphatic carbocycles. The Labute approximate surface area is 118 Å². The van der Waals surface area contributed by atoms with Gasteiger partial charge in [0.05, 0.1) is 5.39 Å². The minimum atomic E-state index is -0.724. The number of nitrogens with zero attached hydrogens (tertiary/aromatic N) is 1. The van der Waals surface area contributed by atoms with Gasteiger partial charge in [-0.2, -0.15) is 0 Å². The van der Waals surface area contributed by atoms with Crippen LogP contribution in [0.3, 0.4) is 0 Å². The van der Waals surface area contributed by atoms with Crippen molar-refractivity contribution in [2.75, 3.05) is 6.54 Å². The third-order valence-electron chi connectivity index (χ3n) is 3.57. The second-order valence-electron chi connectivity index (χ2n) is 4.81. The van der Waals surface area contributed by atoms with Crippen LogP contribution in [0.25, 0.3) is 10.1 Å². The van der Waals surface area contributed by atoms with Crippen molar-refractivity contribution < 1.29 is 9.59 Å². The second-order valence-corrected chi connectivity index (χ2v) is 5.72. The number of H-pyrrole nitrogens is 1. The first-order valence-corrected chi connectivity index (χ1v) is 7.12. The fraction of sp³-hybridized carbons (Fsp3) is 0.308. The van der Waals surface area contributed by atoms with Gasteiger partial charge in [-0.05, 0) is 23.4 Å². The number of fused-ring (bicyclic) bond motifs is 1. The zero-order valence-corrected chi connectivity index (χ0v) is 11.4. The Balaban J connectivity index is 1.90. The summed E-state index contributed by atoms with van der Waals surface area (Å²) in [6.45, 7) is 0.838. The highest BCUT2D eigenvalue weighted by molar-refractivity contribution is 7.17. The number of amides is 2. The van der Waals surface area contributed by atoms with Crippen molar-refractivity contribution in [3.05, 3.63) is 33.6 Å². The quantitative estimate of drug-likeness (QED) is 0.802. The molecule has 2 aromatic heterocycles. The Morgan fingerprint density at radius 2 is 2.30 bits per heavy atom. The van der Waals surface area contributed by atoms with Crippen LogP contribution < -0.4 is 11.3 Å². The van der Waals surface area contributed by atoms with Crippen LogP contribution in [0, 0.1) is 5.92 Å². The number of hydrogen-bond acceptors (Lipinski definition) is 4. The molecule has 0 unspecified atom stereocenters. The predicted octanol–water partition coefficient (Wildman–Crippen LogP) is 0.423. The Bertz CT molecular complexity index is 749. The number of aromatic amines is 1. The van der Waals surface area contributed by atoms with Crippen molar-refractivity contribution in [3.63, 3.8) is 0 Å². The number of likely N-dealkylation sites (tertiary alicyclic amines) is 1. The maximum Gasteiger partial charge on any atom is 0.257 e. The van der Waals surface area contributed by atoms with E-state index in [1.807, 2.05) is 11.4 Å². The highest BCUT2D eigenvalue weighted by atomic mass is 32.1. The molecule has 0 bridgehead atoms. The average Bonchev–Trinajstić information content (AvgIpc) is 2.96. The van der Waals surface area contributed by atoms with Crippen LogP contribution in [0.2, 0.25) is 0 Å². The number of primary amides is 1. The third-order valence-corrected chi connectivity index (χ3v) is 4.57. The van der Waals surface area contributed by atoms with Crippen LogP contribution >= 0.6 is 11.3 Å². The van der Waals surface area contributed by atoms with Gasteiger partial charge in [0.25, 0.3) is 5.56 Å². The molecule has 1 aliphatic rings. The maximum absolute atomic E-state index is 12.0. The molecule has 20 heavy (non-hydrogen) atoms. The first-order chi connectivity index (χ1) is 9.58. The molecule has 3 N–H and O–H groups in total. The Morgan fingerprint density at radius 3 is 3.00 bits per heavy atom. The van der Waals surface area contributed by atoms with Gasteiger partial charge in [0, 0.05) is 24.0 Å². The number of thiophene rings is 1. The molecule has 6 nitrogen and oxygen atoms in total. The van der Waals surface area contributed by atoms with E-state index in [2.05, 4.69) is 4.98 Å². The Hall–Kier alpha value is -2.15. The molecule has 104 valence electrons. The Kier molecular flexibility index (Phi) is 3.06. The molecule has 1 aliphatic heterocycles. The van der Waals surface area contributed by atoms with Gasteiger partial charge in [-0.3, -0.25) is 14.4 Å². The van der Waals surface area contributed by atoms with Crippen LogP contribution in [0.1, 0.15) is 12.0 Å². The number of carbonyl (C=O) groups is 2. The summed E-state index contributed by atoms with van der Waals surface area (Å²) >= 11 is 1.47. The summed E-state index contributed by atoms with van der Waals surface area (Å²) in [4.78, 5) is 39.3. The molecule has 2 aromatic rings. The molecule has 1 saturated heterocycles. The standard InChI is InChI=1S/C13H13N3O3S/c14-11(17)8-2-4-16(13(8)19)5-7-6-20-9-1-3-15-12(18)10(7)9/h1,3,6,8H,2,4-5H2,(H2,14,17)(H,15,18)/t8-/m1/s1. The highest BCUT2D eigenvalue weighted by Crippen LogP contribution is 2.26. The lowest BCUT2D eigenvalue weighted by atomic mass is 10.1. The zero-order valence-electron chi connectivity index (χ0n) is 10.6. The van der Waals surface area contributed by atoms with E-state index in [-0.39, 0.29) is 11.5 Å². The molecule has 1 atom stereocenters. The topological polar surface area (TPSA) is 96.3 Å². The van der Waals surface area contributed by atoms with Crippen LogP contribution in [0.15, 0.2) is 22.4 Å². The summed E-state index contributed by atoms with van der Waals surface area (Å²) in [6, 6.07) is 1.84. The van der Waals surface area contributed by atoms with Crippen molar-refractivity contribution in [2.24, 2.45) is 11.7 Å². The summed E-state index contributed by atoms with van der Waals surface area (Å²) in [5.41, 5.74) is 5.85. The van der Waals surface area contributed by atoms with Gasteiger partial charge in [0.1, 0.15) is 5.92 Å². The van der Waals surface area contributed by atoms with Crippen molar-refractivity contribution >= 4 is 33.2 Å². The maximum atomic E-state index is 12.0. The van der Waals surface area contributed by atoms with Gasteiger partial charge in [-0.25, -0.2) is 0 Å². The van der Waals surface area contributed by atoms with E-state index in [1.54, 1.807) is 11.1 Å². The van der Waals surface area contributed by atoms with Gasteiger partial charge in [-0.1, -0.05) is 0 Å². The largest absolute Gasteiger partial charge is 0.369 e. The summed E-state index contributed by atoms with van der Waals surface area (Å²) < 4.78 is 0.891. The van der Waals surface area contributed by atoms with Crippen LogP contribution in [0.4, 0.5) is 0 Å². The van der Waals surface area contributed by atoms with E-state index in [0.717, 1.165) is 10.3 Å². The molecule has 0 radical (unpaired) electrons. The monoisotopic (exact) mass is 291 g/mol. The number of nitrogens with two attached hydrogens (primary N) is 1. The molecule has 0 aromatic carbocycles. The zero-order chi connectivity index (χ0) is 14.3. The SMILES string of the molecule is NC(=O)[C@H]1CCN(Cc2csc3cc[nH]c(=O)c23)C1=O. The Morgan fingerprint density at radius 1 is 1.50 bits per heavy atom. The highest BCUT2D eigenvalue weighted by Gasteiger charge is 2.35. The molecule has 0 saturated carbocycles. The van der Waals surface area contributed by atoms with Crippen molar-refractivity contribution in [1.29, 1.82) is 0 Å². The lowest BCUT2D eigenvalue weighted by molar-refractivity contribution is -0.136. The van der Waals surface area contributed by atoms with E-state index in [4.69, 9.17) is 5.73 Å². The minimum absolute atomic E-state index is 0.156. The third kappa shape index (κ3) is 2.00. The number of hydrogen-bond donors (Lipinski definition) is 2. The van der Waals surface area contributed by atoms with Crippen molar-refractivity contribution in [2.45, 2.75) is 13.0 Å². The lowest BCUT2D eigenvalue weighted by Crippen LogP contribution is -2.33. The smallest absolute Gasteiger partial charge is 0.257 e. The fourth-order valence-electron chi connectivity index (χ4n) is 2.54. The van der Waals surface area contributed by atoms with Crippen LogP contribution in [-0.2, 0) is 16.1 Å². The average molecular weight is 291 g/mol. The molecule has 7 heteroatoms. The van der Waals surface area contributed by atoms with E-state index in [9.17, 15) is 14.4 Å². The van der Waals surface area contributed by atoms with E-state index >= 15 is 0 Å². The minimum Gasteiger partial charge on any atom is -0.369 e. The number of rotatable bonds is 3. The molecular formula is C13H13N3O3S. The first kappa shape index (κ1) is 12.9. The summed E-state index contributed by atoms with van der Waals surface area (Å²) in [7, 11) is 0. The normalized spacial score (nSPS) is 18.9. The van der Waals surface area contributed by atoms with Crippen LogP contribution in [-0.4, -0.2) is 28.2 Å². The number of pyridine rings is 1. The summed E-state index contributed by atoms with van der Waals surface area (Å²) in [5.74, 6) is -1.55. The first-order valence-electron chi connectivity index (χ1n) is 6.24. The van der Waals surface area contributed by atoms with Gasteiger partial charge in [0.2, 0.25) is 11.8 Å². The molecule has 2 amide bonds. The van der Waals surface area contributed by atoms with Gasteiger partial charge in [-0.15, -0.1) is 11.3 Å². The van der Waals surface area contributed by atoms with Crippen LogP contribution in [0.5, 0.6) is 0 Å². The summed E-state index contributed by atoms with van der Waals surface area (Å²) in [5, 5.41) is 2.50. The number of aromatic nitrogens is 1. The van der Waals surface area contributed by atoms with E-state index < -0.39 is 11.8 Å². The van der Waals surface area contributed by atoms with E-state index in [0.29, 0.717) is 24.9 Å². The molecular weight excluding hydrogens is 278 g/mol. The lowest BCUT2D eigenvalue weighted by Gasteiger charge is -2.15. The predicted molar refractivity (Wildman–Crippen MR) is 75.2 cm³/mol. The molecule has 3 rings (SSSR count). The number of carbonyl (C=O) groups excluding carboxylic acids is 2. The summed E-state index contributed by atoms with van der Waals surface area (Å²) in [6.07, 6.45) is 2.06. The van der Waals surface area contributed by atoms with Crippen molar-refractivity contribution in [3.8, 4) is 0 Å². The van der Waals surface area contributed by atoms with Gasteiger partial charge >= 0.3 is 0 Å². The van der Waals surface area contributed by atoms with Crippen molar-refractivity contribution in [1.82, 2.24) is 9.88 Å². The second kappa shape index (κ2) is 4.75. The van der Waals surface area contributed by atoms with Gasteiger partial charge < -0.3 is 15.6 Å². The van der Waals surface area contributed by atoms with E-state index in [1.165, 1.54) is 11.3 Å². The number of nitrogens with one attached hydrogen (secondary N) is 1. The molecule has 3 heterocycles. The molecule has 1 fully saturated rings. The molecule has 0 spiro atoms. The van der Waals surface area contributed by atoms with Gasteiger partial charge in [0.15, 0.2) is 0 Å². The fourth-order valence-corrected chi connectivity index (χ4v) is 3.49.